The molecule has 0 saturated carbocycles. The van der Waals surface area contributed by atoms with Crippen LogP contribution in [-0.2, 0) is 0 Å². The van der Waals surface area contributed by atoms with Gasteiger partial charge in [0.25, 0.3) is 0 Å². The lowest BCUT2D eigenvalue weighted by Gasteiger charge is -2.10. The van der Waals surface area contributed by atoms with Crippen LogP contribution in [-0.4, -0.2) is 17.7 Å². The minimum absolute atomic E-state index is 0.205. The Morgan fingerprint density at radius 3 is 2.35 bits per heavy atom. The third-order valence-electron chi connectivity index (χ3n) is 2.80. The van der Waals surface area contributed by atoms with Crippen molar-refractivity contribution in [3.05, 3.63) is 53.6 Å². The molecule has 0 aliphatic rings. The number of carbonyl (C=O) groups is 1. The molecule has 0 bridgehead atoms. The van der Waals surface area contributed by atoms with Gasteiger partial charge in [-0.25, -0.2) is 4.79 Å². The van der Waals surface area contributed by atoms with Crippen LogP contribution >= 0.6 is 0 Å². The Hall–Kier alpha value is -2.49. The second-order valence-corrected chi connectivity index (χ2v) is 4.29. The van der Waals surface area contributed by atoms with Gasteiger partial charge in [0.1, 0.15) is 17.2 Å². The van der Waals surface area contributed by atoms with Crippen LogP contribution in [0.5, 0.6) is 17.2 Å². The van der Waals surface area contributed by atoms with Crippen molar-refractivity contribution in [2.24, 2.45) is 0 Å². The summed E-state index contributed by atoms with van der Waals surface area (Å²) in [5.41, 5.74) is 1.08. The first kappa shape index (κ1) is 13.9. The lowest BCUT2D eigenvalue weighted by Crippen LogP contribution is -1.97. The molecule has 0 aromatic heterocycles. The number of benzene rings is 2. The molecule has 2 aromatic carbocycles. The second kappa shape index (κ2) is 6.10. The average molecular weight is 272 g/mol. The number of hydrogen-bond donors (Lipinski definition) is 1. The highest BCUT2D eigenvalue weighted by molar-refractivity contribution is 5.88. The Labute approximate surface area is 117 Å². The van der Waals surface area contributed by atoms with E-state index in [4.69, 9.17) is 14.6 Å². The highest BCUT2D eigenvalue weighted by atomic mass is 16.5. The lowest BCUT2D eigenvalue weighted by molar-refractivity contribution is 0.0696. The third-order valence-corrected chi connectivity index (χ3v) is 2.80. The van der Waals surface area contributed by atoms with E-state index in [2.05, 4.69) is 0 Å². The van der Waals surface area contributed by atoms with Crippen molar-refractivity contribution in [2.45, 2.75) is 13.8 Å². The van der Waals surface area contributed by atoms with Crippen molar-refractivity contribution in [2.75, 3.05) is 6.61 Å². The van der Waals surface area contributed by atoms with Crippen LogP contribution in [0, 0.1) is 6.92 Å². The van der Waals surface area contributed by atoms with Crippen LogP contribution in [0.3, 0.4) is 0 Å². The van der Waals surface area contributed by atoms with E-state index in [1.54, 1.807) is 24.3 Å². The summed E-state index contributed by atoms with van der Waals surface area (Å²) < 4.78 is 11.1. The van der Waals surface area contributed by atoms with E-state index in [1.807, 2.05) is 26.0 Å². The number of ether oxygens (including phenoxy) is 2. The van der Waals surface area contributed by atoms with E-state index >= 15 is 0 Å². The fraction of sp³-hybridized carbons (Fsp3) is 0.188. The maximum absolute atomic E-state index is 11.0. The number of rotatable bonds is 5. The first-order chi connectivity index (χ1) is 9.60. The van der Waals surface area contributed by atoms with E-state index in [1.165, 1.54) is 6.07 Å². The van der Waals surface area contributed by atoms with E-state index in [9.17, 15) is 4.79 Å². The largest absolute Gasteiger partial charge is 0.494 e. The predicted molar refractivity (Wildman–Crippen MR) is 75.8 cm³/mol. The smallest absolute Gasteiger partial charge is 0.335 e. The normalized spacial score (nSPS) is 10.1. The topological polar surface area (TPSA) is 55.8 Å². The van der Waals surface area contributed by atoms with Gasteiger partial charge in [0, 0.05) is 0 Å². The molecule has 0 unspecified atom stereocenters. The van der Waals surface area contributed by atoms with Crippen molar-refractivity contribution in [3.63, 3.8) is 0 Å². The van der Waals surface area contributed by atoms with Gasteiger partial charge in [-0.1, -0.05) is 6.07 Å². The Balaban J connectivity index is 2.20. The first-order valence-electron chi connectivity index (χ1n) is 6.35. The Morgan fingerprint density at radius 1 is 1.10 bits per heavy atom. The third kappa shape index (κ3) is 3.29. The van der Waals surface area contributed by atoms with Gasteiger partial charge >= 0.3 is 5.97 Å². The highest BCUT2D eigenvalue weighted by Gasteiger charge is 2.08. The minimum atomic E-state index is -0.971. The summed E-state index contributed by atoms with van der Waals surface area (Å²) in [6.45, 7) is 4.40. The van der Waals surface area contributed by atoms with Crippen molar-refractivity contribution in [1.82, 2.24) is 0 Å². The fourth-order valence-corrected chi connectivity index (χ4v) is 1.74. The molecule has 0 heterocycles. The second-order valence-electron chi connectivity index (χ2n) is 4.29. The van der Waals surface area contributed by atoms with E-state index < -0.39 is 5.97 Å². The molecular weight excluding hydrogens is 256 g/mol. The maximum atomic E-state index is 11.0. The van der Waals surface area contributed by atoms with Crippen LogP contribution in [0.25, 0.3) is 0 Å². The van der Waals surface area contributed by atoms with Gasteiger partial charge in [-0.2, -0.15) is 0 Å². The molecule has 0 radical (unpaired) electrons. The van der Waals surface area contributed by atoms with Crippen LogP contribution in [0.15, 0.2) is 42.5 Å². The molecule has 4 heteroatoms. The predicted octanol–water partition coefficient (Wildman–Crippen LogP) is 3.88. The van der Waals surface area contributed by atoms with Gasteiger partial charge in [-0.15, -0.1) is 0 Å². The minimum Gasteiger partial charge on any atom is -0.494 e. The van der Waals surface area contributed by atoms with Crippen molar-refractivity contribution in [3.8, 4) is 17.2 Å². The number of carboxylic acids is 1. The van der Waals surface area contributed by atoms with Gasteiger partial charge in [0.05, 0.1) is 12.2 Å². The molecule has 1 N–H and O–H groups in total. The molecule has 0 atom stereocenters. The summed E-state index contributed by atoms with van der Waals surface area (Å²) >= 11 is 0. The Morgan fingerprint density at radius 2 is 1.75 bits per heavy atom. The average Bonchev–Trinajstić information content (AvgIpc) is 2.43. The lowest BCUT2D eigenvalue weighted by atomic mass is 10.1. The Bertz CT molecular complexity index is 602. The van der Waals surface area contributed by atoms with Crippen LogP contribution in [0.2, 0.25) is 0 Å². The molecule has 0 saturated heterocycles. The molecule has 104 valence electrons. The molecule has 0 fully saturated rings. The van der Waals surface area contributed by atoms with Gasteiger partial charge < -0.3 is 14.6 Å². The highest BCUT2D eigenvalue weighted by Crippen LogP contribution is 2.27. The number of aromatic carboxylic acids is 1. The first-order valence-corrected chi connectivity index (χ1v) is 6.35. The standard InChI is InChI=1S/C16H16O4/c1-3-19-13-6-8-14(9-7-13)20-15-10-12(16(17)18)5-4-11(15)2/h4-10H,3H2,1-2H3,(H,17,18). The van der Waals surface area contributed by atoms with Crippen LogP contribution < -0.4 is 9.47 Å². The zero-order chi connectivity index (χ0) is 14.5. The summed E-state index contributed by atoms with van der Waals surface area (Å²) in [5.74, 6) is 0.977. The summed E-state index contributed by atoms with van der Waals surface area (Å²) in [6.07, 6.45) is 0. The van der Waals surface area contributed by atoms with Crippen LogP contribution in [0.4, 0.5) is 0 Å². The van der Waals surface area contributed by atoms with E-state index in [-0.39, 0.29) is 5.56 Å². The van der Waals surface area contributed by atoms with E-state index in [0.717, 1.165) is 11.3 Å². The molecule has 0 aliphatic carbocycles. The summed E-state index contributed by atoms with van der Waals surface area (Å²) in [7, 11) is 0. The maximum Gasteiger partial charge on any atom is 0.335 e. The molecule has 4 nitrogen and oxygen atoms in total. The zero-order valence-electron chi connectivity index (χ0n) is 11.4. The van der Waals surface area contributed by atoms with Crippen molar-refractivity contribution >= 4 is 5.97 Å². The summed E-state index contributed by atoms with van der Waals surface area (Å²) in [5, 5.41) is 8.99. The number of hydrogen-bond acceptors (Lipinski definition) is 3. The summed E-state index contributed by atoms with van der Waals surface area (Å²) in [6, 6.07) is 12.0. The Kier molecular flexibility index (Phi) is 4.25. The molecule has 20 heavy (non-hydrogen) atoms. The molecule has 2 rings (SSSR count). The number of carboxylic acid groups (broad SMARTS) is 1. The van der Waals surface area contributed by atoms with Crippen LogP contribution in [0.1, 0.15) is 22.8 Å². The van der Waals surface area contributed by atoms with E-state index in [0.29, 0.717) is 18.1 Å². The zero-order valence-corrected chi connectivity index (χ0v) is 11.4. The monoisotopic (exact) mass is 272 g/mol. The van der Waals surface area contributed by atoms with Gasteiger partial charge in [0.15, 0.2) is 0 Å². The molecule has 0 spiro atoms. The fourth-order valence-electron chi connectivity index (χ4n) is 1.74. The molecule has 2 aromatic rings. The summed E-state index contributed by atoms with van der Waals surface area (Å²) in [4.78, 5) is 11.0. The van der Waals surface area contributed by atoms with Gasteiger partial charge in [0.2, 0.25) is 0 Å². The SMILES string of the molecule is CCOc1ccc(Oc2cc(C(=O)O)ccc2C)cc1. The van der Waals surface area contributed by atoms with Gasteiger partial charge in [-0.3, -0.25) is 0 Å². The van der Waals surface area contributed by atoms with Crippen molar-refractivity contribution in [1.29, 1.82) is 0 Å². The molecule has 0 aliphatic heterocycles. The quantitative estimate of drug-likeness (QED) is 0.897. The number of aryl methyl sites for hydroxylation is 1. The molecular formula is C16H16O4. The van der Waals surface area contributed by atoms with Gasteiger partial charge in [-0.05, 0) is 55.8 Å². The van der Waals surface area contributed by atoms with Crippen molar-refractivity contribution < 1.29 is 19.4 Å². The molecule has 0 amide bonds.